The minimum Gasteiger partial charge on any atom is -0.382 e. The van der Waals surface area contributed by atoms with E-state index in [1.165, 1.54) is 32.1 Å². The van der Waals surface area contributed by atoms with Crippen LogP contribution >= 0.6 is 0 Å². The van der Waals surface area contributed by atoms with Crippen LogP contribution in [0, 0.1) is 0 Å². The second kappa shape index (κ2) is 7.21. The fourth-order valence-electron chi connectivity index (χ4n) is 2.09. The van der Waals surface area contributed by atoms with Crippen molar-refractivity contribution in [3.05, 3.63) is 0 Å². The van der Waals surface area contributed by atoms with Crippen molar-refractivity contribution in [3.63, 3.8) is 0 Å². The maximum atomic E-state index is 5.82. The Labute approximate surface area is 87.2 Å². The normalized spacial score (nSPS) is 28.7. The number of likely N-dealkylation sites (N-methyl/N-ethyl adjacent to an activating group) is 1. The molecular weight excluding hydrogens is 178 g/mol. The van der Waals surface area contributed by atoms with E-state index in [1.807, 2.05) is 7.05 Å². The van der Waals surface area contributed by atoms with Crippen molar-refractivity contribution in [1.29, 1.82) is 0 Å². The Morgan fingerprint density at radius 1 is 1.14 bits per heavy atom. The number of nitrogens with one attached hydrogen (secondary N) is 1. The lowest BCUT2D eigenvalue weighted by molar-refractivity contribution is -0.00368. The molecule has 3 nitrogen and oxygen atoms in total. The summed E-state index contributed by atoms with van der Waals surface area (Å²) in [5, 5.41) is 3.36. The Morgan fingerprint density at radius 3 is 2.64 bits per heavy atom. The molecule has 1 aliphatic rings. The Morgan fingerprint density at radius 2 is 1.93 bits per heavy atom. The average molecular weight is 201 g/mol. The molecule has 1 N–H and O–H groups in total. The van der Waals surface area contributed by atoms with Gasteiger partial charge < -0.3 is 14.8 Å². The van der Waals surface area contributed by atoms with Crippen LogP contribution in [0.4, 0.5) is 0 Å². The summed E-state index contributed by atoms with van der Waals surface area (Å²) in [5.74, 6) is 0. The SMILES string of the molecule is CNC1CCCCCC1OCCOC. The number of ether oxygens (including phenoxy) is 2. The summed E-state index contributed by atoms with van der Waals surface area (Å²) in [6, 6.07) is 0.536. The largest absolute Gasteiger partial charge is 0.382 e. The molecule has 0 amide bonds. The quantitative estimate of drug-likeness (QED) is 0.541. The molecule has 2 unspecified atom stereocenters. The Kier molecular flexibility index (Phi) is 6.15. The predicted octanol–water partition coefficient (Wildman–Crippen LogP) is 1.57. The predicted molar refractivity (Wildman–Crippen MR) is 57.5 cm³/mol. The molecule has 0 bridgehead atoms. The third-order valence-corrected chi connectivity index (χ3v) is 2.94. The summed E-state index contributed by atoms with van der Waals surface area (Å²) in [7, 11) is 3.74. The number of hydrogen-bond acceptors (Lipinski definition) is 3. The first-order valence-corrected chi connectivity index (χ1v) is 5.66. The van der Waals surface area contributed by atoms with Gasteiger partial charge in [-0.05, 0) is 19.9 Å². The number of rotatable bonds is 5. The van der Waals surface area contributed by atoms with Gasteiger partial charge in [0.1, 0.15) is 0 Å². The van der Waals surface area contributed by atoms with Gasteiger partial charge in [-0.15, -0.1) is 0 Å². The highest BCUT2D eigenvalue weighted by Crippen LogP contribution is 2.20. The molecule has 1 rings (SSSR count). The third-order valence-electron chi connectivity index (χ3n) is 2.94. The van der Waals surface area contributed by atoms with E-state index >= 15 is 0 Å². The van der Waals surface area contributed by atoms with Gasteiger partial charge in [-0.3, -0.25) is 0 Å². The van der Waals surface area contributed by atoms with E-state index in [2.05, 4.69) is 5.32 Å². The summed E-state index contributed by atoms with van der Waals surface area (Å²) in [5.41, 5.74) is 0. The fraction of sp³-hybridized carbons (Fsp3) is 1.00. The van der Waals surface area contributed by atoms with Crippen LogP contribution in [0.25, 0.3) is 0 Å². The summed E-state index contributed by atoms with van der Waals surface area (Å²) in [6.45, 7) is 1.42. The van der Waals surface area contributed by atoms with Gasteiger partial charge in [0.2, 0.25) is 0 Å². The molecule has 1 saturated carbocycles. The topological polar surface area (TPSA) is 30.5 Å². The molecule has 0 aromatic heterocycles. The third kappa shape index (κ3) is 3.95. The van der Waals surface area contributed by atoms with Crippen LogP contribution in [-0.4, -0.2) is 39.5 Å². The zero-order valence-corrected chi connectivity index (χ0v) is 9.42. The van der Waals surface area contributed by atoms with Gasteiger partial charge in [-0.2, -0.15) is 0 Å². The lowest BCUT2D eigenvalue weighted by atomic mass is 10.1. The van der Waals surface area contributed by atoms with Crippen LogP contribution in [-0.2, 0) is 9.47 Å². The van der Waals surface area contributed by atoms with Gasteiger partial charge in [0.25, 0.3) is 0 Å². The van der Waals surface area contributed by atoms with Crippen molar-refractivity contribution < 1.29 is 9.47 Å². The lowest BCUT2D eigenvalue weighted by Crippen LogP contribution is -2.39. The zero-order chi connectivity index (χ0) is 10.2. The van der Waals surface area contributed by atoms with Crippen molar-refractivity contribution >= 4 is 0 Å². The monoisotopic (exact) mass is 201 g/mol. The smallest absolute Gasteiger partial charge is 0.0729 e. The van der Waals surface area contributed by atoms with Crippen molar-refractivity contribution in [2.45, 2.75) is 44.2 Å². The molecule has 2 atom stereocenters. The van der Waals surface area contributed by atoms with E-state index < -0.39 is 0 Å². The Hall–Kier alpha value is -0.120. The van der Waals surface area contributed by atoms with Gasteiger partial charge in [0, 0.05) is 13.2 Å². The average Bonchev–Trinajstić information content (AvgIpc) is 2.43. The van der Waals surface area contributed by atoms with Crippen molar-refractivity contribution in [1.82, 2.24) is 5.32 Å². The summed E-state index contributed by atoms with van der Waals surface area (Å²) >= 11 is 0. The maximum Gasteiger partial charge on any atom is 0.0729 e. The molecule has 3 heteroatoms. The molecule has 0 aromatic rings. The van der Waals surface area contributed by atoms with Crippen LogP contribution < -0.4 is 5.32 Å². The zero-order valence-electron chi connectivity index (χ0n) is 9.42. The van der Waals surface area contributed by atoms with E-state index in [1.54, 1.807) is 7.11 Å². The molecule has 14 heavy (non-hydrogen) atoms. The van der Waals surface area contributed by atoms with Crippen LogP contribution in [0.3, 0.4) is 0 Å². The van der Waals surface area contributed by atoms with Gasteiger partial charge in [-0.1, -0.05) is 19.3 Å². The van der Waals surface area contributed by atoms with Crippen molar-refractivity contribution in [3.8, 4) is 0 Å². The summed E-state index contributed by atoms with van der Waals surface area (Å²) < 4.78 is 10.8. The van der Waals surface area contributed by atoms with E-state index in [4.69, 9.17) is 9.47 Å². The molecule has 1 fully saturated rings. The molecule has 1 aliphatic carbocycles. The number of methoxy groups -OCH3 is 1. The highest BCUT2D eigenvalue weighted by Gasteiger charge is 2.22. The van der Waals surface area contributed by atoms with Gasteiger partial charge in [0.05, 0.1) is 19.3 Å². The van der Waals surface area contributed by atoms with E-state index in [9.17, 15) is 0 Å². The second-order valence-corrected chi connectivity index (χ2v) is 3.94. The molecule has 84 valence electrons. The molecule has 0 saturated heterocycles. The summed E-state index contributed by atoms with van der Waals surface area (Å²) in [6.07, 6.45) is 6.80. The van der Waals surface area contributed by atoms with Gasteiger partial charge in [0.15, 0.2) is 0 Å². The molecule has 0 spiro atoms. The first-order valence-electron chi connectivity index (χ1n) is 5.66. The highest BCUT2D eigenvalue weighted by atomic mass is 16.5. The molecule has 0 aliphatic heterocycles. The molecular formula is C11H23NO2. The minimum atomic E-state index is 0.387. The van der Waals surface area contributed by atoms with Crippen molar-refractivity contribution in [2.75, 3.05) is 27.4 Å². The van der Waals surface area contributed by atoms with Crippen LogP contribution in [0.1, 0.15) is 32.1 Å². The molecule has 0 heterocycles. The minimum absolute atomic E-state index is 0.387. The van der Waals surface area contributed by atoms with Crippen molar-refractivity contribution in [2.24, 2.45) is 0 Å². The van der Waals surface area contributed by atoms with E-state index in [0.717, 1.165) is 6.61 Å². The second-order valence-electron chi connectivity index (χ2n) is 3.94. The lowest BCUT2D eigenvalue weighted by Gasteiger charge is -2.24. The Bertz CT molecular complexity index is 141. The molecule has 0 aromatic carbocycles. The van der Waals surface area contributed by atoms with E-state index in [-0.39, 0.29) is 0 Å². The maximum absolute atomic E-state index is 5.82. The van der Waals surface area contributed by atoms with E-state index in [0.29, 0.717) is 18.8 Å². The first-order chi connectivity index (χ1) is 6.88. The fourth-order valence-corrected chi connectivity index (χ4v) is 2.09. The van der Waals surface area contributed by atoms with Crippen LogP contribution in [0.15, 0.2) is 0 Å². The molecule has 0 radical (unpaired) electrons. The van der Waals surface area contributed by atoms with Gasteiger partial charge in [-0.25, -0.2) is 0 Å². The van der Waals surface area contributed by atoms with Crippen LogP contribution in [0.5, 0.6) is 0 Å². The standard InChI is InChI=1S/C11H23NO2/c1-12-10-6-4-3-5-7-11(10)14-9-8-13-2/h10-12H,3-9H2,1-2H3. The van der Waals surface area contributed by atoms with Crippen LogP contribution in [0.2, 0.25) is 0 Å². The first kappa shape index (κ1) is 12.0. The van der Waals surface area contributed by atoms with Gasteiger partial charge >= 0.3 is 0 Å². The highest BCUT2D eigenvalue weighted by molar-refractivity contribution is 4.78. The summed E-state index contributed by atoms with van der Waals surface area (Å²) in [4.78, 5) is 0. The Balaban J connectivity index is 2.28. The number of hydrogen-bond donors (Lipinski definition) is 1.